The van der Waals surface area contributed by atoms with E-state index in [0.29, 0.717) is 44.8 Å². The summed E-state index contributed by atoms with van der Waals surface area (Å²) in [4.78, 5) is 40.1. The second-order valence-electron chi connectivity index (χ2n) is 13.1. The van der Waals surface area contributed by atoms with Crippen LogP contribution >= 0.6 is 0 Å². The number of nitro groups is 2. The molecule has 0 saturated carbocycles. The number of hydrogen-bond donors (Lipinski definition) is 3. The SMILES string of the molecule is Nc1cc(-c2c3nc(c(-c4ccccc4)c4ccc([nH]4)c(-c4ccccc4)c4nc(c(-c5ccc([N+](=O)[O-])cc5)c5ccc2[nH]5)C=C4)C=C3)ccc1[N+](=O)[O-]. The number of H-pyrrole nitrogens is 2. The monoisotopic (exact) mass is 719 g/mol. The van der Waals surface area contributed by atoms with Crippen LogP contribution < -0.4 is 5.73 Å². The number of non-ortho nitro benzene ring substituents is 1. The highest BCUT2D eigenvalue weighted by atomic mass is 16.6. The van der Waals surface area contributed by atoms with Crippen LogP contribution in [0.4, 0.5) is 17.1 Å². The third-order valence-electron chi connectivity index (χ3n) is 9.76. The van der Waals surface area contributed by atoms with E-state index in [9.17, 15) is 20.2 Å². The summed E-state index contributed by atoms with van der Waals surface area (Å²) in [6.07, 6.45) is 7.83. The number of aromatic amines is 2. The van der Waals surface area contributed by atoms with Crippen molar-refractivity contribution >= 4 is 63.4 Å². The van der Waals surface area contributed by atoms with Gasteiger partial charge in [-0.2, -0.15) is 0 Å². The van der Waals surface area contributed by atoms with Crippen molar-refractivity contribution in [2.24, 2.45) is 0 Å². The van der Waals surface area contributed by atoms with Gasteiger partial charge in [-0.25, -0.2) is 9.97 Å². The maximum atomic E-state index is 11.7. The third kappa shape index (κ3) is 5.91. The Morgan fingerprint density at radius 1 is 0.455 bits per heavy atom. The Labute approximate surface area is 313 Å². The normalized spacial score (nSPS) is 11.9. The van der Waals surface area contributed by atoms with Crippen molar-refractivity contribution in [1.82, 2.24) is 19.9 Å². The molecule has 0 radical (unpaired) electrons. The maximum Gasteiger partial charge on any atom is 0.292 e. The molecular weight excluding hydrogens is 691 g/mol. The van der Waals surface area contributed by atoms with E-state index in [4.69, 9.17) is 15.7 Å². The van der Waals surface area contributed by atoms with Gasteiger partial charge in [0.05, 0.1) is 32.6 Å². The zero-order chi connectivity index (χ0) is 37.6. The van der Waals surface area contributed by atoms with Crippen molar-refractivity contribution in [2.45, 2.75) is 0 Å². The number of benzene rings is 4. The fourth-order valence-electron chi connectivity index (χ4n) is 7.26. The molecule has 0 fully saturated rings. The Balaban J connectivity index is 1.45. The predicted molar refractivity (Wildman–Crippen MR) is 218 cm³/mol. The Hall–Kier alpha value is -7.92. The summed E-state index contributed by atoms with van der Waals surface area (Å²) < 4.78 is 0. The molecule has 4 aromatic carbocycles. The van der Waals surface area contributed by atoms with Crippen molar-refractivity contribution in [1.29, 1.82) is 0 Å². The minimum Gasteiger partial charge on any atom is -0.393 e. The smallest absolute Gasteiger partial charge is 0.292 e. The van der Waals surface area contributed by atoms with Gasteiger partial charge < -0.3 is 15.7 Å². The summed E-state index contributed by atoms with van der Waals surface area (Å²) in [7, 11) is 0. The third-order valence-corrected chi connectivity index (χ3v) is 9.76. The van der Waals surface area contributed by atoms with E-state index in [1.807, 2.05) is 97.1 Å². The van der Waals surface area contributed by atoms with Crippen molar-refractivity contribution in [2.75, 3.05) is 5.73 Å². The number of nitrogens with one attached hydrogen (secondary N) is 2. The zero-order valence-electron chi connectivity index (χ0n) is 28.9. The van der Waals surface area contributed by atoms with Crippen LogP contribution in [-0.4, -0.2) is 29.8 Å². The molecule has 3 aromatic heterocycles. The van der Waals surface area contributed by atoms with E-state index in [0.717, 1.165) is 44.5 Å². The molecular formula is C44H29N7O4. The minimum absolute atomic E-state index is 0.0215. The molecule has 0 amide bonds. The Morgan fingerprint density at radius 2 is 0.836 bits per heavy atom. The van der Waals surface area contributed by atoms with Crippen LogP contribution in [0.2, 0.25) is 0 Å². The highest BCUT2D eigenvalue weighted by molar-refractivity contribution is 6.00. The molecule has 0 unspecified atom stereocenters. The highest BCUT2D eigenvalue weighted by Crippen LogP contribution is 2.39. The summed E-state index contributed by atoms with van der Waals surface area (Å²) in [5.41, 5.74) is 18.3. The maximum absolute atomic E-state index is 11.7. The van der Waals surface area contributed by atoms with Crippen molar-refractivity contribution in [3.63, 3.8) is 0 Å². The Morgan fingerprint density at radius 3 is 1.22 bits per heavy atom. The van der Waals surface area contributed by atoms with E-state index in [-0.39, 0.29) is 17.1 Å². The number of fused-ring (bicyclic) bond motifs is 8. The largest absolute Gasteiger partial charge is 0.393 e. The second kappa shape index (κ2) is 13.2. The molecule has 264 valence electrons. The number of aromatic nitrogens is 4. The molecule has 5 heterocycles. The van der Waals surface area contributed by atoms with E-state index in [1.165, 1.54) is 18.2 Å². The Bertz CT molecular complexity index is 2930. The van der Waals surface area contributed by atoms with Crippen molar-refractivity contribution < 1.29 is 9.85 Å². The zero-order valence-corrected chi connectivity index (χ0v) is 28.9. The average Bonchev–Trinajstić information content (AvgIpc) is 4.04. The lowest BCUT2D eigenvalue weighted by atomic mass is 10.0. The minimum atomic E-state index is -0.507. The fourth-order valence-corrected chi connectivity index (χ4v) is 7.26. The number of nitro benzene ring substituents is 2. The first-order chi connectivity index (χ1) is 26.8. The standard InChI is InChI=1S/C44H29N7O4/c45-31-25-29(13-24-40(31)51(54)55)44-38-22-20-35(48-38)42(27-9-5-2-6-10-27)33-17-16-32(46-33)41(26-7-3-1-4-8-26)34-18-19-36(47-34)43(37-21-23-39(44)49-37)28-11-14-30(15-12-28)50(52)53/h1-25,46,49H,45H2. The van der Waals surface area contributed by atoms with Gasteiger partial charge in [0.2, 0.25) is 0 Å². The van der Waals surface area contributed by atoms with Crippen LogP contribution in [0.5, 0.6) is 0 Å². The van der Waals surface area contributed by atoms with Gasteiger partial charge in [-0.3, -0.25) is 20.2 Å². The van der Waals surface area contributed by atoms with Gasteiger partial charge in [0.1, 0.15) is 5.69 Å². The van der Waals surface area contributed by atoms with Crippen molar-refractivity contribution in [3.05, 3.63) is 170 Å². The molecule has 11 heteroatoms. The van der Waals surface area contributed by atoms with Crippen molar-refractivity contribution in [3.8, 4) is 44.5 Å². The van der Waals surface area contributed by atoms with Crippen LogP contribution in [0, 0.1) is 20.2 Å². The van der Waals surface area contributed by atoms with Gasteiger partial charge in [0, 0.05) is 62.5 Å². The number of nitrogens with zero attached hydrogens (tertiary/aromatic N) is 4. The second-order valence-corrected chi connectivity index (χ2v) is 13.1. The highest BCUT2D eigenvalue weighted by Gasteiger charge is 2.20. The first kappa shape index (κ1) is 33.0. The van der Waals surface area contributed by atoms with Gasteiger partial charge >= 0.3 is 0 Å². The molecule has 4 N–H and O–H groups in total. The average molecular weight is 720 g/mol. The van der Waals surface area contributed by atoms with Crippen LogP contribution in [0.3, 0.4) is 0 Å². The first-order valence-corrected chi connectivity index (χ1v) is 17.4. The molecule has 11 nitrogen and oxygen atoms in total. The molecule has 2 aliphatic rings. The van der Waals surface area contributed by atoms with Gasteiger partial charge in [-0.1, -0.05) is 60.7 Å². The van der Waals surface area contributed by atoms with Gasteiger partial charge in [0.25, 0.3) is 11.4 Å². The topological polar surface area (TPSA) is 170 Å². The number of hydrogen-bond acceptors (Lipinski definition) is 7. The molecule has 55 heavy (non-hydrogen) atoms. The summed E-state index contributed by atoms with van der Waals surface area (Å²) in [5.74, 6) is 0. The van der Waals surface area contributed by atoms with E-state index in [1.54, 1.807) is 24.3 Å². The van der Waals surface area contributed by atoms with Crippen LogP contribution in [0.25, 0.3) is 90.9 Å². The lowest BCUT2D eigenvalue weighted by Gasteiger charge is -2.07. The molecule has 8 bridgehead atoms. The van der Waals surface area contributed by atoms with Gasteiger partial charge in [0.15, 0.2) is 0 Å². The molecule has 2 aliphatic heterocycles. The fraction of sp³-hybridized carbons (Fsp3) is 0. The lowest BCUT2D eigenvalue weighted by molar-refractivity contribution is -0.384. The molecule has 0 atom stereocenters. The number of nitrogen functional groups attached to an aromatic ring is 1. The summed E-state index contributed by atoms with van der Waals surface area (Å²) in [6, 6.07) is 39.1. The van der Waals surface area contributed by atoms with Gasteiger partial charge in [-0.05, 0) is 95.1 Å². The summed E-state index contributed by atoms with van der Waals surface area (Å²) >= 11 is 0. The van der Waals surface area contributed by atoms with E-state index >= 15 is 0 Å². The number of rotatable bonds is 6. The Kier molecular flexibility index (Phi) is 7.94. The number of anilines is 1. The predicted octanol–water partition coefficient (Wildman–Crippen LogP) is 10.7. The summed E-state index contributed by atoms with van der Waals surface area (Å²) in [6.45, 7) is 0. The van der Waals surface area contributed by atoms with Crippen LogP contribution in [0.1, 0.15) is 22.8 Å². The first-order valence-electron chi connectivity index (χ1n) is 17.4. The molecule has 7 aromatic rings. The van der Waals surface area contributed by atoms with E-state index < -0.39 is 9.85 Å². The molecule has 9 rings (SSSR count). The van der Waals surface area contributed by atoms with Crippen LogP contribution in [0.15, 0.2) is 127 Å². The molecule has 0 spiro atoms. The molecule has 0 aliphatic carbocycles. The lowest BCUT2D eigenvalue weighted by Crippen LogP contribution is -1.96. The quantitative estimate of drug-likeness (QED) is 0.0872. The number of nitrogens with two attached hydrogens (primary N) is 1. The summed E-state index contributed by atoms with van der Waals surface area (Å²) in [5, 5.41) is 23.3. The van der Waals surface area contributed by atoms with Crippen LogP contribution in [-0.2, 0) is 0 Å². The van der Waals surface area contributed by atoms with E-state index in [2.05, 4.69) is 22.1 Å². The van der Waals surface area contributed by atoms with Gasteiger partial charge in [-0.15, -0.1) is 0 Å². The molecule has 0 saturated heterocycles.